The number of pyridine rings is 1. The van der Waals surface area contributed by atoms with Gasteiger partial charge in [0.25, 0.3) is 0 Å². The molecule has 3 N–H and O–H groups in total. The van der Waals surface area contributed by atoms with E-state index >= 15 is 0 Å². The van der Waals surface area contributed by atoms with Crippen molar-refractivity contribution in [3.05, 3.63) is 53.7 Å². The van der Waals surface area contributed by atoms with E-state index in [-0.39, 0.29) is 21.7 Å². The Morgan fingerprint density at radius 1 is 1.34 bits per heavy atom. The SMILES string of the molecule is COc1c(F)cccc1Nc1c2[nH]c3c1C(=O)NC[C@H]3[I-]N1CCO[C@H](COc3cnccc3-2)C1. The van der Waals surface area contributed by atoms with Crippen LogP contribution in [0.1, 0.15) is 20.0 Å². The minimum atomic E-state index is -0.490. The number of halogens is 2. The second-order valence-corrected chi connectivity index (χ2v) is 11.9. The van der Waals surface area contributed by atoms with Crippen molar-refractivity contribution in [2.45, 2.75) is 10.0 Å². The molecule has 3 aromatic rings. The second-order valence-electron chi connectivity index (χ2n) is 8.43. The number of H-pyrrole nitrogens is 1. The Kier molecular flexibility index (Phi) is 5.98. The number of carbonyl (C=O) groups is 1. The first-order valence-electron chi connectivity index (χ1n) is 11.3. The standard InChI is InChI=1S/C24H24FIN5O4/c1-33-23-15(25)3-2-4-17(23)29-22-19-21-16(9-28-24(19)32)26-31-7-8-34-13(11-31)12-35-18-10-27-6-5-14(18)20(22)30-21/h2-6,10,13,16,29-30H,7-9,11-12H2,1H3,(H,28,32)/q-1/t13-,16+/m0/s1. The molecular formula is C24H24FIN5O4-. The fourth-order valence-electron chi connectivity index (χ4n) is 4.65. The summed E-state index contributed by atoms with van der Waals surface area (Å²) in [5.41, 5.74) is 3.85. The van der Waals surface area contributed by atoms with E-state index in [1.54, 1.807) is 24.5 Å². The van der Waals surface area contributed by atoms with Crippen molar-refractivity contribution in [2.24, 2.45) is 0 Å². The van der Waals surface area contributed by atoms with E-state index in [4.69, 9.17) is 14.2 Å². The Bertz CT molecular complexity index is 1280. The van der Waals surface area contributed by atoms with Crippen LogP contribution in [0, 0.1) is 5.82 Å². The predicted molar refractivity (Wildman–Crippen MR) is 122 cm³/mol. The van der Waals surface area contributed by atoms with Gasteiger partial charge in [0.1, 0.15) is 0 Å². The van der Waals surface area contributed by atoms with Gasteiger partial charge in [-0.05, 0) is 0 Å². The quantitative estimate of drug-likeness (QED) is 0.221. The molecule has 5 heterocycles. The van der Waals surface area contributed by atoms with E-state index in [0.717, 1.165) is 24.3 Å². The van der Waals surface area contributed by atoms with Crippen LogP contribution in [-0.4, -0.2) is 65.1 Å². The van der Waals surface area contributed by atoms with Crippen molar-refractivity contribution in [1.29, 1.82) is 0 Å². The first-order chi connectivity index (χ1) is 17.1. The molecule has 35 heavy (non-hydrogen) atoms. The van der Waals surface area contributed by atoms with Gasteiger partial charge in [0.05, 0.1) is 0 Å². The van der Waals surface area contributed by atoms with E-state index < -0.39 is 27.3 Å². The molecule has 2 aromatic heterocycles. The summed E-state index contributed by atoms with van der Waals surface area (Å²) < 4.78 is 34.6. The van der Waals surface area contributed by atoms with Crippen LogP contribution in [0.4, 0.5) is 15.8 Å². The number of ether oxygens (including phenoxy) is 3. The third-order valence-electron chi connectivity index (χ3n) is 6.27. The third kappa shape index (κ3) is 4.10. The summed E-state index contributed by atoms with van der Waals surface area (Å²) in [4.78, 5) is 21.0. The number of rotatable bonds is 3. The summed E-state index contributed by atoms with van der Waals surface area (Å²) in [6.07, 6.45) is 3.32. The van der Waals surface area contributed by atoms with Gasteiger partial charge in [0.2, 0.25) is 0 Å². The molecule has 1 aromatic carbocycles. The van der Waals surface area contributed by atoms with Gasteiger partial charge in [-0.25, -0.2) is 0 Å². The summed E-state index contributed by atoms with van der Waals surface area (Å²) in [7, 11) is 1.42. The van der Waals surface area contributed by atoms with Crippen LogP contribution in [0.5, 0.6) is 11.5 Å². The molecule has 0 aliphatic carbocycles. The Hall–Kier alpha value is -2.90. The Labute approximate surface area is 212 Å². The zero-order valence-electron chi connectivity index (χ0n) is 18.9. The van der Waals surface area contributed by atoms with Crippen molar-refractivity contribution in [3.8, 4) is 22.8 Å². The monoisotopic (exact) mass is 592 g/mol. The van der Waals surface area contributed by atoms with Gasteiger partial charge >= 0.3 is 212 Å². The second kappa shape index (κ2) is 9.28. The van der Waals surface area contributed by atoms with E-state index in [1.165, 1.54) is 13.2 Å². The predicted octanol–water partition coefficient (Wildman–Crippen LogP) is -0.150. The fourth-order valence-corrected chi connectivity index (χ4v) is 7.90. The molecule has 1 saturated heterocycles. The molecule has 3 atom stereocenters. The molecule has 1 fully saturated rings. The molecule has 184 valence electrons. The van der Waals surface area contributed by atoms with Gasteiger partial charge in [-0.3, -0.25) is 0 Å². The number of carbonyl (C=O) groups excluding carboxylic acids is 1. The molecule has 4 bridgehead atoms. The fraction of sp³-hybridized carbons (Fsp3) is 0.333. The number of fused-ring (bicyclic) bond motifs is 5. The van der Waals surface area contributed by atoms with Gasteiger partial charge < -0.3 is 0 Å². The summed E-state index contributed by atoms with van der Waals surface area (Å²) >= 11 is -0.456. The van der Waals surface area contributed by atoms with Crippen molar-refractivity contribution >= 4 is 17.3 Å². The number of hydrogen-bond donors (Lipinski definition) is 3. The van der Waals surface area contributed by atoms with Crippen molar-refractivity contribution in [3.63, 3.8) is 0 Å². The van der Waals surface area contributed by atoms with Gasteiger partial charge in [0, 0.05) is 0 Å². The minimum absolute atomic E-state index is 0.0312. The van der Waals surface area contributed by atoms with Crippen LogP contribution in [0.3, 0.4) is 0 Å². The number of morpholine rings is 1. The first-order valence-corrected chi connectivity index (χ1v) is 13.5. The molecule has 0 saturated carbocycles. The first kappa shape index (κ1) is 22.6. The Morgan fingerprint density at radius 3 is 3.14 bits per heavy atom. The molecular weight excluding hydrogens is 568 g/mol. The van der Waals surface area contributed by atoms with E-state index in [9.17, 15) is 9.18 Å². The number of hydrogen-bond acceptors (Lipinski definition) is 7. The van der Waals surface area contributed by atoms with Gasteiger partial charge in [0.15, 0.2) is 0 Å². The number of anilines is 2. The average molecular weight is 592 g/mol. The third-order valence-corrected chi connectivity index (χ3v) is 9.67. The molecule has 3 aliphatic heterocycles. The van der Waals surface area contributed by atoms with Crippen molar-refractivity contribution in [2.75, 3.05) is 45.3 Å². The van der Waals surface area contributed by atoms with Crippen LogP contribution >= 0.6 is 0 Å². The van der Waals surface area contributed by atoms with Crippen LogP contribution in [-0.2, 0) is 4.74 Å². The number of nitrogens with one attached hydrogen (secondary N) is 3. The van der Waals surface area contributed by atoms with Crippen LogP contribution in [0.25, 0.3) is 11.3 Å². The van der Waals surface area contributed by atoms with Crippen molar-refractivity contribution in [1.82, 2.24) is 18.4 Å². The molecule has 6 rings (SSSR count). The van der Waals surface area contributed by atoms with Gasteiger partial charge in [-0.15, -0.1) is 0 Å². The van der Waals surface area contributed by atoms with Crippen LogP contribution < -0.4 is 41.6 Å². The zero-order valence-corrected chi connectivity index (χ0v) is 21.1. The molecule has 0 spiro atoms. The van der Waals surface area contributed by atoms with E-state index in [1.807, 2.05) is 6.07 Å². The van der Waals surface area contributed by atoms with Crippen LogP contribution in [0.15, 0.2) is 36.7 Å². The number of aromatic nitrogens is 2. The maximum absolute atomic E-state index is 14.5. The number of aromatic amines is 1. The number of benzene rings is 1. The maximum atomic E-state index is 14.5. The Morgan fingerprint density at radius 2 is 2.26 bits per heavy atom. The summed E-state index contributed by atoms with van der Waals surface area (Å²) in [5, 5.41) is 6.38. The molecule has 9 nitrogen and oxygen atoms in total. The average Bonchev–Trinajstić information content (AvgIpc) is 3.25. The summed E-state index contributed by atoms with van der Waals surface area (Å²) in [6.45, 7) is 3.29. The van der Waals surface area contributed by atoms with E-state index in [2.05, 4.69) is 23.7 Å². The van der Waals surface area contributed by atoms with Gasteiger partial charge in [-0.2, -0.15) is 0 Å². The molecule has 0 radical (unpaired) electrons. The number of methoxy groups -OCH3 is 1. The molecule has 1 amide bonds. The topological polar surface area (TPSA) is 101 Å². The zero-order chi connectivity index (χ0) is 23.9. The number of amides is 1. The molecule has 1 unspecified atom stereocenters. The summed E-state index contributed by atoms with van der Waals surface area (Å²) in [5.74, 6) is -0.00879. The molecule has 3 aliphatic rings. The number of nitrogens with zero attached hydrogens (tertiary/aromatic N) is 2. The molecule has 11 heteroatoms. The van der Waals surface area contributed by atoms with Gasteiger partial charge in [-0.1, -0.05) is 0 Å². The summed E-state index contributed by atoms with van der Waals surface area (Å²) in [6, 6.07) is 6.51. The van der Waals surface area contributed by atoms with E-state index in [0.29, 0.717) is 48.1 Å². The van der Waals surface area contributed by atoms with Crippen molar-refractivity contribution < 1.29 is 44.9 Å². The Balaban J connectivity index is 1.55. The number of para-hydroxylation sites is 1. The number of alkyl halides is 1. The van der Waals surface area contributed by atoms with Crippen LogP contribution in [0.2, 0.25) is 0 Å². The normalized spacial score (nSPS) is 23.4.